The maximum atomic E-state index is 6.06. The molecule has 0 spiro atoms. The number of nitrogens with one attached hydrogen (secondary N) is 2. The predicted molar refractivity (Wildman–Crippen MR) is 96.7 cm³/mol. The SMILES string of the molecule is CCNC(=NCC1CCCOC1c1ccccc1)NC(C)(C)C. The molecule has 4 heteroatoms. The molecule has 1 saturated heterocycles. The number of nitrogens with zero attached hydrogens (tertiary/aromatic N) is 1. The van der Waals surface area contributed by atoms with E-state index < -0.39 is 0 Å². The van der Waals surface area contributed by atoms with E-state index >= 15 is 0 Å². The predicted octanol–water partition coefficient (Wildman–Crippen LogP) is 3.51. The molecule has 0 bridgehead atoms. The second kappa shape index (κ2) is 8.34. The first-order valence-corrected chi connectivity index (χ1v) is 8.72. The summed E-state index contributed by atoms with van der Waals surface area (Å²) in [6, 6.07) is 10.5. The summed E-state index contributed by atoms with van der Waals surface area (Å²) in [6.45, 7) is 11.0. The molecule has 2 atom stereocenters. The van der Waals surface area contributed by atoms with Gasteiger partial charge in [0.25, 0.3) is 0 Å². The highest BCUT2D eigenvalue weighted by molar-refractivity contribution is 5.80. The third kappa shape index (κ3) is 5.87. The van der Waals surface area contributed by atoms with E-state index in [4.69, 9.17) is 9.73 Å². The van der Waals surface area contributed by atoms with Crippen molar-refractivity contribution in [1.82, 2.24) is 10.6 Å². The summed E-state index contributed by atoms with van der Waals surface area (Å²) in [6.07, 6.45) is 2.44. The average molecular weight is 317 g/mol. The van der Waals surface area contributed by atoms with Gasteiger partial charge >= 0.3 is 0 Å². The molecule has 2 N–H and O–H groups in total. The number of rotatable bonds is 4. The van der Waals surface area contributed by atoms with Gasteiger partial charge in [0.2, 0.25) is 0 Å². The lowest BCUT2D eigenvalue weighted by molar-refractivity contribution is -0.0250. The Balaban J connectivity index is 2.06. The van der Waals surface area contributed by atoms with E-state index in [1.165, 1.54) is 5.56 Å². The van der Waals surface area contributed by atoms with Gasteiger partial charge in [-0.3, -0.25) is 4.99 Å². The fraction of sp³-hybridized carbons (Fsp3) is 0.632. The minimum atomic E-state index is 0.00288. The van der Waals surface area contributed by atoms with Crippen molar-refractivity contribution >= 4 is 5.96 Å². The molecule has 1 heterocycles. The number of ether oxygens (including phenoxy) is 1. The quantitative estimate of drug-likeness (QED) is 0.660. The Morgan fingerprint density at radius 2 is 2.00 bits per heavy atom. The molecule has 1 fully saturated rings. The van der Waals surface area contributed by atoms with E-state index in [2.05, 4.69) is 68.7 Å². The van der Waals surface area contributed by atoms with Gasteiger partial charge in [-0.25, -0.2) is 0 Å². The summed E-state index contributed by atoms with van der Waals surface area (Å²) in [5, 5.41) is 6.78. The van der Waals surface area contributed by atoms with Crippen molar-refractivity contribution in [1.29, 1.82) is 0 Å². The Labute approximate surface area is 140 Å². The smallest absolute Gasteiger partial charge is 0.191 e. The van der Waals surface area contributed by atoms with Crippen LogP contribution in [0.4, 0.5) is 0 Å². The van der Waals surface area contributed by atoms with Crippen LogP contribution in [0.3, 0.4) is 0 Å². The molecule has 1 aliphatic rings. The van der Waals surface area contributed by atoms with Crippen molar-refractivity contribution in [2.75, 3.05) is 19.7 Å². The fourth-order valence-corrected chi connectivity index (χ4v) is 2.91. The summed E-state index contributed by atoms with van der Waals surface area (Å²) in [7, 11) is 0. The van der Waals surface area contributed by atoms with Gasteiger partial charge in [-0.05, 0) is 46.1 Å². The Bertz CT molecular complexity index is 493. The second-order valence-corrected chi connectivity index (χ2v) is 7.20. The van der Waals surface area contributed by atoms with Crippen LogP contribution in [0.15, 0.2) is 35.3 Å². The molecule has 1 aliphatic heterocycles. The van der Waals surface area contributed by atoms with E-state index in [9.17, 15) is 0 Å². The van der Waals surface area contributed by atoms with Crippen molar-refractivity contribution < 1.29 is 4.74 Å². The molecule has 23 heavy (non-hydrogen) atoms. The van der Waals surface area contributed by atoms with E-state index in [1.54, 1.807) is 0 Å². The van der Waals surface area contributed by atoms with E-state index in [0.29, 0.717) is 5.92 Å². The monoisotopic (exact) mass is 317 g/mol. The lowest BCUT2D eigenvalue weighted by atomic mass is 9.89. The van der Waals surface area contributed by atoms with Crippen molar-refractivity contribution in [2.45, 2.75) is 52.2 Å². The van der Waals surface area contributed by atoms with Crippen LogP contribution in [-0.4, -0.2) is 31.2 Å². The molecule has 0 radical (unpaired) electrons. The van der Waals surface area contributed by atoms with Crippen LogP contribution in [0.2, 0.25) is 0 Å². The van der Waals surface area contributed by atoms with E-state index in [1.807, 2.05) is 0 Å². The van der Waals surface area contributed by atoms with Gasteiger partial charge < -0.3 is 15.4 Å². The number of benzene rings is 1. The molecule has 1 aromatic carbocycles. The standard InChI is InChI=1S/C19H31N3O/c1-5-20-18(22-19(2,3)4)21-14-16-12-9-13-23-17(16)15-10-7-6-8-11-15/h6-8,10-11,16-17H,5,9,12-14H2,1-4H3,(H2,20,21,22). The maximum absolute atomic E-state index is 6.06. The second-order valence-electron chi connectivity index (χ2n) is 7.20. The third-order valence-electron chi connectivity index (χ3n) is 3.89. The van der Waals surface area contributed by atoms with Crippen LogP contribution < -0.4 is 10.6 Å². The minimum absolute atomic E-state index is 0.00288. The largest absolute Gasteiger partial charge is 0.373 e. The van der Waals surface area contributed by atoms with Gasteiger partial charge in [0, 0.05) is 31.2 Å². The van der Waals surface area contributed by atoms with Crippen molar-refractivity contribution in [3.05, 3.63) is 35.9 Å². The minimum Gasteiger partial charge on any atom is -0.373 e. The Morgan fingerprint density at radius 3 is 2.65 bits per heavy atom. The normalized spacial score (nSPS) is 22.7. The lowest BCUT2D eigenvalue weighted by Crippen LogP contribution is -2.47. The lowest BCUT2D eigenvalue weighted by Gasteiger charge is -2.31. The van der Waals surface area contributed by atoms with Crippen molar-refractivity contribution in [3.8, 4) is 0 Å². The molecule has 128 valence electrons. The molecule has 2 unspecified atom stereocenters. The van der Waals surface area contributed by atoms with Gasteiger partial charge in [-0.2, -0.15) is 0 Å². The van der Waals surface area contributed by atoms with Crippen LogP contribution in [-0.2, 0) is 4.74 Å². The molecule has 0 amide bonds. The van der Waals surface area contributed by atoms with E-state index in [-0.39, 0.29) is 11.6 Å². The van der Waals surface area contributed by atoms with Gasteiger partial charge in [-0.1, -0.05) is 30.3 Å². The summed E-state index contributed by atoms with van der Waals surface area (Å²) in [5.74, 6) is 1.32. The topological polar surface area (TPSA) is 45.7 Å². The number of aliphatic imine (C=N–C) groups is 1. The van der Waals surface area contributed by atoms with Crippen LogP contribution in [0, 0.1) is 5.92 Å². The molecule has 2 rings (SSSR count). The first-order chi connectivity index (χ1) is 11.0. The van der Waals surface area contributed by atoms with Gasteiger partial charge in [0.15, 0.2) is 5.96 Å². The Kier molecular flexibility index (Phi) is 6.46. The summed E-state index contributed by atoms with van der Waals surface area (Å²) in [5.41, 5.74) is 1.27. The Hall–Kier alpha value is -1.55. The molecule has 0 aliphatic carbocycles. The summed E-state index contributed by atoms with van der Waals surface area (Å²) in [4.78, 5) is 4.81. The number of hydrogen-bond acceptors (Lipinski definition) is 2. The number of hydrogen-bond donors (Lipinski definition) is 2. The number of guanidine groups is 1. The zero-order valence-electron chi connectivity index (χ0n) is 14.9. The average Bonchev–Trinajstić information content (AvgIpc) is 2.53. The molecule has 4 nitrogen and oxygen atoms in total. The first kappa shape index (κ1) is 17.8. The molecular weight excluding hydrogens is 286 g/mol. The summed E-state index contributed by atoms with van der Waals surface area (Å²) >= 11 is 0. The van der Waals surface area contributed by atoms with Crippen molar-refractivity contribution in [2.24, 2.45) is 10.9 Å². The molecular formula is C19H31N3O. The highest BCUT2D eigenvalue weighted by Crippen LogP contribution is 2.33. The zero-order valence-corrected chi connectivity index (χ0v) is 14.9. The van der Waals surface area contributed by atoms with Gasteiger partial charge in [-0.15, -0.1) is 0 Å². The zero-order chi connectivity index (χ0) is 16.7. The highest BCUT2D eigenvalue weighted by atomic mass is 16.5. The van der Waals surface area contributed by atoms with Crippen LogP contribution >= 0.6 is 0 Å². The third-order valence-corrected chi connectivity index (χ3v) is 3.89. The molecule has 1 aromatic rings. The highest BCUT2D eigenvalue weighted by Gasteiger charge is 2.27. The van der Waals surface area contributed by atoms with Crippen LogP contribution in [0.25, 0.3) is 0 Å². The fourth-order valence-electron chi connectivity index (χ4n) is 2.91. The van der Waals surface area contributed by atoms with Crippen LogP contribution in [0.1, 0.15) is 52.2 Å². The van der Waals surface area contributed by atoms with Gasteiger partial charge in [0.1, 0.15) is 0 Å². The van der Waals surface area contributed by atoms with Crippen molar-refractivity contribution in [3.63, 3.8) is 0 Å². The Morgan fingerprint density at radius 1 is 1.26 bits per heavy atom. The maximum Gasteiger partial charge on any atom is 0.191 e. The first-order valence-electron chi connectivity index (χ1n) is 8.72. The molecule has 0 saturated carbocycles. The van der Waals surface area contributed by atoms with E-state index in [0.717, 1.165) is 38.5 Å². The van der Waals surface area contributed by atoms with Crippen LogP contribution in [0.5, 0.6) is 0 Å². The summed E-state index contributed by atoms with van der Waals surface area (Å²) < 4.78 is 6.06. The van der Waals surface area contributed by atoms with Gasteiger partial charge in [0.05, 0.1) is 6.10 Å². The molecule has 0 aromatic heterocycles.